The van der Waals surface area contributed by atoms with Gasteiger partial charge in [0, 0.05) is 22.7 Å². The number of rotatable bonds is 2. The summed E-state index contributed by atoms with van der Waals surface area (Å²) in [5.41, 5.74) is 1.19. The van der Waals surface area contributed by atoms with Crippen LogP contribution in [0.3, 0.4) is 0 Å². The third-order valence-corrected chi connectivity index (χ3v) is 5.73. The Morgan fingerprint density at radius 1 is 1.35 bits per heavy atom. The molecule has 108 valence electrons. The molecule has 3 rings (SSSR count). The molecule has 2 aliphatic heterocycles. The maximum atomic E-state index is 12.6. The summed E-state index contributed by atoms with van der Waals surface area (Å²) in [7, 11) is 0. The molecule has 4 unspecified atom stereocenters. The van der Waals surface area contributed by atoms with Gasteiger partial charge in [0.2, 0.25) is 5.91 Å². The van der Waals surface area contributed by atoms with Crippen molar-refractivity contribution in [3.63, 3.8) is 0 Å². The molecule has 3 nitrogen and oxygen atoms in total. The predicted molar refractivity (Wildman–Crippen MR) is 83.1 cm³/mol. The van der Waals surface area contributed by atoms with Crippen molar-refractivity contribution in [1.82, 2.24) is 10.6 Å². The van der Waals surface area contributed by atoms with E-state index in [2.05, 4.69) is 36.6 Å². The SMILES string of the molecule is CC1CCNC(C)C1NC(=O)C1CSc2ccccc21. The fraction of sp³-hybridized carbons (Fsp3) is 0.562. The van der Waals surface area contributed by atoms with Crippen molar-refractivity contribution in [3.05, 3.63) is 29.8 Å². The maximum absolute atomic E-state index is 12.6. The van der Waals surface area contributed by atoms with E-state index in [1.807, 2.05) is 12.1 Å². The van der Waals surface area contributed by atoms with Crippen LogP contribution in [0.25, 0.3) is 0 Å². The van der Waals surface area contributed by atoms with Crippen LogP contribution in [0.1, 0.15) is 31.7 Å². The molecule has 4 heteroatoms. The summed E-state index contributed by atoms with van der Waals surface area (Å²) < 4.78 is 0. The molecule has 2 N–H and O–H groups in total. The van der Waals surface area contributed by atoms with Gasteiger partial charge >= 0.3 is 0 Å². The van der Waals surface area contributed by atoms with E-state index in [1.54, 1.807) is 11.8 Å². The molecule has 1 fully saturated rings. The van der Waals surface area contributed by atoms with Crippen LogP contribution in [0.5, 0.6) is 0 Å². The first-order valence-corrected chi connectivity index (χ1v) is 8.41. The largest absolute Gasteiger partial charge is 0.351 e. The van der Waals surface area contributed by atoms with Gasteiger partial charge in [-0.15, -0.1) is 11.8 Å². The first-order chi connectivity index (χ1) is 9.66. The lowest BCUT2D eigenvalue weighted by Gasteiger charge is -2.36. The molecule has 1 saturated heterocycles. The Morgan fingerprint density at radius 2 is 2.15 bits per heavy atom. The zero-order valence-electron chi connectivity index (χ0n) is 12.1. The molecule has 1 amide bonds. The zero-order chi connectivity index (χ0) is 14.1. The lowest BCUT2D eigenvalue weighted by molar-refractivity contribution is -0.123. The number of carbonyl (C=O) groups is 1. The third-order valence-electron chi connectivity index (χ3n) is 4.54. The quantitative estimate of drug-likeness (QED) is 0.878. The summed E-state index contributed by atoms with van der Waals surface area (Å²) in [5, 5.41) is 6.74. The van der Waals surface area contributed by atoms with Crippen LogP contribution in [-0.2, 0) is 4.79 Å². The second-order valence-electron chi connectivity index (χ2n) is 5.94. The van der Waals surface area contributed by atoms with E-state index in [1.165, 1.54) is 10.5 Å². The van der Waals surface area contributed by atoms with Crippen LogP contribution in [0, 0.1) is 5.92 Å². The molecular formula is C16H22N2OS. The van der Waals surface area contributed by atoms with Crippen molar-refractivity contribution < 1.29 is 4.79 Å². The minimum atomic E-state index is 0.0116. The summed E-state index contributed by atoms with van der Waals surface area (Å²) in [5.74, 6) is 1.61. The summed E-state index contributed by atoms with van der Waals surface area (Å²) in [6, 6.07) is 8.87. The highest BCUT2D eigenvalue weighted by molar-refractivity contribution is 7.99. The summed E-state index contributed by atoms with van der Waals surface area (Å²) >= 11 is 1.79. The highest BCUT2D eigenvalue weighted by Gasteiger charge is 2.34. The second kappa shape index (κ2) is 5.78. The van der Waals surface area contributed by atoms with Crippen LogP contribution in [-0.4, -0.2) is 30.3 Å². The van der Waals surface area contributed by atoms with E-state index >= 15 is 0 Å². The van der Waals surface area contributed by atoms with Crippen LogP contribution in [0.4, 0.5) is 0 Å². The monoisotopic (exact) mass is 290 g/mol. The smallest absolute Gasteiger partial charge is 0.228 e. The average molecular weight is 290 g/mol. The number of thioether (sulfide) groups is 1. The van der Waals surface area contributed by atoms with Gasteiger partial charge in [-0.25, -0.2) is 0 Å². The summed E-state index contributed by atoms with van der Waals surface area (Å²) in [6.45, 7) is 5.45. The number of fused-ring (bicyclic) bond motifs is 1. The molecule has 0 saturated carbocycles. The minimum Gasteiger partial charge on any atom is -0.351 e. The lowest BCUT2D eigenvalue weighted by atomic mass is 9.88. The fourth-order valence-corrected chi connectivity index (χ4v) is 4.48. The van der Waals surface area contributed by atoms with Gasteiger partial charge in [0.05, 0.1) is 5.92 Å². The first kappa shape index (κ1) is 14.0. The minimum absolute atomic E-state index is 0.0116. The van der Waals surface area contributed by atoms with Gasteiger partial charge in [0.15, 0.2) is 0 Å². The Hall–Kier alpha value is -1.00. The van der Waals surface area contributed by atoms with Gasteiger partial charge in [-0.2, -0.15) is 0 Å². The molecule has 0 bridgehead atoms. The molecule has 0 radical (unpaired) electrons. The third kappa shape index (κ3) is 2.59. The van der Waals surface area contributed by atoms with Gasteiger partial charge < -0.3 is 10.6 Å². The van der Waals surface area contributed by atoms with Crippen molar-refractivity contribution in [1.29, 1.82) is 0 Å². The van der Waals surface area contributed by atoms with Crippen molar-refractivity contribution in [2.45, 2.75) is 43.2 Å². The molecule has 0 aromatic heterocycles. The average Bonchev–Trinajstić information content (AvgIpc) is 2.87. The Labute approximate surface area is 124 Å². The normalized spacial score (nSPS) is 32.7. The standard InChI is InChI=1S/C16H22N2OS/c1-10-7-8-17-11(2)15(10)18-16(19)13-9-20-14-6-4-3-5-12(13)14/h3-6,10-11,13,15,17H,7-9H2,1-2H3,(H,18,19). The number of hydrogen-bond donors (Lipinski definition) is 2. The second-order valence-corrected chi connectivity index (χ2v) is 7.01. The van der Waals surface area contributed by atoms with E-state index in [0.29, 0.717) is 12.0 Å². The van der Waals surface area contributed by atoms with Gasteiger partial charge in [0.1, 0.15) is 0 Å². The van der Waals surface area contributed by atoms with E-state index in [-0.39, 0.29) is 17.9 Å². The molecular weight excluding hydrogens is 268 g/mol. The van der Waals surface area contributed by atoms with Crippen LogP contribution < -0.4 is 10.6 Å². The highest BCUT2D eigenvalue weighted by atomic mass is 32.2. The number of benzene rings is 1. The van der Waals surface area contributed by atoms with E-state index in [0.717, 1.165) is 18.7 Å². The molecule has 2 aliphatic rings. The van der Waals surface area contributed by atoms with Gasteiger partial charge in [-0.05, 0) is 37.4 Å². The van der Waals surface area contributed by atoms with Crippen molar-refractivity contribution in [2.75, 3.05) is 12.3 Å². The Balaban J connectivity index is 1.71. The van der Waals surface area contributed by atoms with Gasteiger partial charge in [-0.3, -0.25) is 4.79 Å². The van der Waals surface area contributed by atoms with Gasteiger partial charge in [-0.1, -0.05) is 25.1 Å². The number of carbonyl (C=O) groups excluding carboxylic acids is 1. The highest BCUT2D eigenvalue weighted by Crippen LogP contribution is 2.39. The van der Waals surface area contributed by atoms with Crippen LogP contribution >= 0.6 is 11.8 Å². The van der Waals surface area contributed by atoms with E-state index in [9.17, 15) is 4.79 Å². The molecule has 0 aliphatic carbocycles. The van der Waals surface area contributed by atoms with Crippen molar-refractivity contribution >= 4 is 17.7 Å². The van der Waals surface area contributed by atoms with E-state index < -0.39 is 0 Å². The topological polar surface area (TPSA) is 41.1 Å². The molecule has 4 atom stereocenters. The van der Waals surface area contributed by atoms with Crippen molar-refractivity contribution in [2.24, 2.45) is 5.92 Å². The molecule has 0 spiro atoms. The summed E-state index contributed by atoms with van der Waals surface area (Å²) in [4.78, 5) is 13.9. The molecule has 1 aromatic rings. The Morgan fingerprint density at radius 3 is 2.95 bits per heavy atom. The Kier molecular flexibility index (Phi) is 4.03. The number of amides is 1. The molecule has 2 heterocycles. The Bertz CT molecular complexity index is 495. The first-order valence-electron chi connectivity index (χ1n) is 7.42. The van der Waals surface area contributed by atoms with E-state index in [4.69, 9.17) is 0 Å². The lowest BCUT2D eigenvalue weighted by Crippen LogP contribution is -2.56. The number of piperidine rings is 1. The van der Waals surface area contributed by atoms with Crippen molar-refractivity contribution in [3.8, 4) is 0 Å². The van der Waals surface area contributed by atoms with Gasteiger partial charge in [0.25, 0.3) is 0 Å². The van der Waals surface area contributed by atoms with Crippen LogP contribution in [0.2, 0.25) is 0 Å². The molecule has 1 aromatic carbocycles. The maximum Gasteiger partial charge on any atom is 0.228 e. The number of nitrogens with one attached hydrogen (secondary N) is 2. The summed E-state index contributed by atoms with van der Waals surface area (Å²) in [6.07, 6.45) is 1.13. The fourth-order valence-electron chi connectivity index (χ4n) is 3.25. The predicted octanol–water partition coefficient (Wildman–Crippen LogP) is 2.38. The number of hydrogen-bond acceptors (Lipinski definition) is 3. The van der Waals surface area contributed by atoms with Crippen LogP contribution in [0.15, 0.2) is 29.2 Å². The molecule has 20 heavy (non-hydrogen) atoms. The zero-order valence-corrected chi connectivity index (χ0v) is 12.9.